The van der Waals surface area contributed by atoms with E-state index >= 15 is 0 Å². The largest absolute Gasteiger partial charge is 0.324 e. The van der Waals surface area contributed by atoms with E-state index in [1.165, 1.54) is 18.9 Å². The molecule has 1 aliphatic carbocycles. The Balaban J connectivity index is 0.00000128. The van der Waals surface area contributed by atoms with E-state index in [9.17, 15) is 4.39 Å². The van der Waals surface area contributed by atoms with Gasteiger partial charge in [0.15, 0.2) is 0 Å². The summed E-state index contributed by atoms with van der Waals surface area (Å²) in [5.41, 5.74) is 6.67. The molecule has 1 atom stereocenters. The Morgan fingerprint density at radius 1 is 1.31 bits per heavy atom. The molecular formula is C12H16Cl2FN. The molecule has 16 heavy (non-hydrogen) atoms. The van der Waals surface area contributed by atoms with Crippen molar-refractivity contribution >= 4 is 24.0 Å². The molecule has 0 heterocycles. The van der Waals surface area contributed by atoms with Crippen LogP contribution < -0.4 is 5.73 Å². The molecular weight excluding hydrogens is 248 g/mol. The first-order valence-electron chi connectivity index (χ1n) is 5.39. The van der Waals surface area contributed by atoms with Gasteiger partial charge < -0.3 is 5.73 Å². The van der Waals surface area contributed by atoms with Crippen molar-refractivity contribution in [3.8, 4) is 0 Å². The third-order valence-corrected chi connectivity index (χ3v) is 3.46. The molecule has 0 unspecified atom stereocenters. The Hall–Kier alpha value is -0.310. The van der Waals surface area contributed by atoms with Crippen LogP contribution in [-0.2, 0) is 0 Å². The molecule has 1 aromatic carbocycles. The van der Waals surface area contributed by atoms with Crippen LogP contribution in [0, 0.1) is 11.7 Å². The molecule has 0 aromatic heterocycles. The number of hydrogen-bond donors (Lipinski definition) is 1. The van der Waals surface area contributed by atoms with Gasteiger partial charge in [-0.2, -0.15) is 0 Å². The summed E-state index contributed by atoms with van der Waals surface area (Å²) in [6.45, 7) is 0. The van der Waals surface area contributed by atoms with Crippen LogP contribution in [0.3, 0.4) is 0 Å². The van der Waals surface area contributed by atoms with Gasteiger partial charge in [0.25, 0.3) is 0 Å². The maximum Gasteiger partial charge on any atom is 0.129 e. The molecule has 1 fully saturated rings. The monoisotopic (exact) mass is 263 g/mol. The van der Waals surface area contributed by atoms with E-state index in [1.807, 2.05) is 0 Å². The van der Waals surface area contributed by atoms with E-state index in [4.69, 9.17) is 17.3 Å². The predicted molar refractivity (Wildman–Crippen MR) is 67.5 cm³/mol. The van der Waals surface area contributed by atoms with E-state index < -0.39 is 0 Å². The number of rotatable bonds is 2. The molecule has 0 bridgehead atoms. The average molecular weight is 264 g/mol. The summed E-state index contributed by atoms with van der Waals surface area (Å²) in [6, 6.07) is 4.57. The Kier molecular flexibility index (Phi) is 5.03. The molecule has 1 nitrogen and oxygen atoms in total. The summed E-state index contributed by atoms with van der Waals surface area (Å²) in [7, 11) is 0. The van der Waals surface area contributed by atoms with Gasteiger partial charge >= 0.3 is 0 Å². The predicted octanol–water partition coefficient (Wildman–Crippen LogP) is 4.09. The highest BCUT2D eigenvalue weighted by Gasteiger charge is 2.25. The lowest BCUT2D eigenvalue weighted by atomic mass is 9.92. The summed E-state index contributed by atoms with van der Waals surface area (Å²) in [5, 5.41) is 0.426. The molecule has 0 saturated heterocycles. The maximum absolute atomic E-state index is 13.6. The van der Waals surface area contributed by atoms with Crippen LogP contribution in [0.5, 0.6) is 0 Å². The minimum Gasteiger partial charge on any atom is -0.324 e. The second kappa shape index (κ2) is 5.85. The maximum atomic E-state index is 13.6. The number of benzene rings is 1. The molecule has 2 N–H and O–H groups in total. The highest BCUT2D eigenvalue weighted by molar-refractivity contribution is 6.30. The van der Waals surface area contributed by atoms with Crippen molar-refractivity contribution in [1.29, 1.82) is 0 Å². The van der Waals surface area contributed by atoms with Gasteiger partial charge in [-0.05, 0) is 30.9 Å². The van der Waals surface area contributed by atoms with E-state index in [0.717, 1.165) is 12.8 Å². The fourth-order valence-corrected chi connectivity index (χ4v) is 2.50. The third kappa shape index (κ3) is 2.88. The summed E-state index contributed by atoms with van der Waals surface area (Å²) < 4.78 is 13.6. The highest BCUT2D eigenvalue weighted by Crippen LogP contribution is 2.35. The molecule has 2 rings (SSSR count). The normalized spacial score (nSPS) is 18.2. The molecule has 1 aromatic rings. The van der Waals surface area contributed by atoms with E-state index in [0.29, 0.717) is 16.5 Å². The number of hydrogen-bond acceptors (Lipinski definition) is 1. The van der Waals surface area contributed by atoms with Gasteiger partial charge in [0.1, 0.15) is 5.82 Å². The molecule has 1 saturated carbocycles. The zero-order chi connectivity index (χ0) is 10.8. The smallest absolute Gasteiger partial charge is 0.129 e. The second-order valence-corrected chi connectivity index (χ2v) is 4.67. The van der Waals surface area contributed by atoms with E-state index in [-0.39, 0.29) is 24.3 Å². The van der Waals surface area contributed by atoms with Crippen LogP contribution in [0.1, 0.15) is 37.3 Å². The van der Waals surface area contributed by atoms with Crippen molar-refractivity contribution in [1.82, 2.24) is 0 Å². The SMILES string of the molecule is Cl.N[C@H](c1ccc(Cl)cc1F)C1CCCC1. The highest BCUT2D eigenvalue weighted by atomic mass is 35.5. The Labute approximate surface area is 107 Å². The summed E-state index contributed by atoms with van der Waals surface area (Å²) in [6.07, 6.45) is 4.66. The van der Waals surface area contributed by atoms with Gasteiger partial charge in [0.2, 0.25) is 0 Å². The Bertz CT molecular complexity index is 351. The van der Waals surface area contributed by atoms with Crippen LogP contribution in [-0.4, -0.2) is 0 Å². The molecule has 0 aliphatic heterocycles. The van der Waals surface area contributed by atoms with Gasteiger partial charge in [0.05, 0.1) is 0 Å². The van der Waals surface area contributed by atoms with Crippen molar-refractivity contribution in [3.05, 3.63) is 34.6 Å². The van der Waals surface area contributed by atoms with Gasteiger partial charge in [0, 0.05) is 16.6 Å². The molecule has 1 aliphatic rings. The minimum absolute atomic E-state index is 0. The Morgan fingerprint density at radius 2 is 1.94 bits per heavy atom. The third-order valence-electron chi connectivity index (χ3n) is 3.23. The van der Waals surface area contributed by atoms with Crippen molar-refractivity contribution in [3.63, 3.8) is 0 Å². The van der Waals surface area contributed by atoms with Crippen molar-refractivity contribution < 1.29 is 4.39 Å². The topological polar surface area (TPSA) is 26.0 Å². The standard InChI is InChI=1S/C12H15ClFN.ClH/c13-9-5-6-10(11(14)7-9)12(15)8-3-1-2-4-8;/h5-8,12H,1-4,15H2;1H/t12-;/m0./s1. The van der Waals surface area contributed by atoms with Gasteiger partial charge in [-0.3, -0.25) is 0 Å². The first-order chi connectivity index (χ1) is 7.18. The van der Waals surface area contributed by atoms with Crippen LogP contribution in [0.2, 0.25) is 5.02 Å². The fraction of sp³-hybridized carbons (Fsp3) is 0.500. The van der Waals surface area contributed by atoms with Gasteiger partial charge in [-0.25, -0.2) is 4.39 Å². The number of nitrogens with two attached hydrogens (primary N) is 1. The molecule has 0 amide bonds. The average Bonchev–Trinajstić information content (AvgIpc) is 2.69. The summed E-state index contributed by atoms with van der Waals surface area (Å²) in [5.74, 6) is 0.155. The summed E-state index contributed by atoms with van der Waals surface area (Å²) >= 11 is 5.70. The van der Waals surface area contributed by atoms with Crippen molar-refractivity contribution in [2.45, 2.75) is 31.7 Å². The first kappa shape index (κ1) is 13.8. The molecule has 0 spiro atoms. The zero-order valence-corrected chi connectivity index (χ0v) is 10.5. The van der Waals surface area contributed by atoms with Crippen LogP contribution in [0.15, 0.2) is 18.2 Å². The Morgan fingerprint density at radius 3 is 2.50 bits per heavy atom. The number of halogens is 3. The lowest BCUT2D eigenvalue weighted by Crippen LogP contribution is -2.20. The second-order valence-electron chi connectivity index (χ2n) is 4.24. The zero-order valence-electron chi connectivity index (χ0n) is 8.96. The lowest BCUT2D eigenvalue weighted by molar-refractivity contribution is 0.429. The van der Waals surface area contributed by atoms with Crippen LogP contribution in [0.25, 0.3) is 0 Å². The minimum atomic E-state index is -0.276. The van der Waals surface area contributed by atoms with Crippen LogP contribution in [0.4, 0.5) is 4.39 Å². The van der Waals surface area contributed by atoms with E-state index in [1.54, 1.807) is 12.1 Å². The quantitative estimate of drug-likeness (QED) is 0.855. The summed E-state index contributed by atoms with van der Waals surface area (Å²) in [4.78, 5) is 0. The van der Waals surface area contributed by atoms with Crippen LogP contribution >= 0.6 is 24.0 Å². The van der Waals surface area contributed by atoms with E-state index in [2.05, 4.69) is 0 Å². The van der Waals surface area contributed by atoms with Crippen molar-refractivity contribution in [2.75, 3.05) is 0 Å². The molecule has 90 valence electrons. The van der Waals surface area contributed by atoms with Crippen molar-refractivity contribution in [2.24, 2.45) is 11.7 Å². The fourth-order valence-electron chi connectivity index (χ4n) is 2.34. The molecule has 0 radical (unpaired) electrons. The van der Waals surface area contributed by atoms with Gasteiger partial charge in [-0.1, -0.05) is 30.5 Å². The molecule has 4 heteroatoms. The lowest BCUT2D eigenvalue weighted by Gasteiger charge is -2.19. The van der Waals surface area contributed by atoms with Gasteiger partial charge in [-0.15, -0.1) is 12.4 Å². The first-order valence-corrected chi connectivity index (χ1v) is 5.77.